The lowest BCUT2D eigenvalue weighted by Gasteiger charge is -2.48. The van der Waals surface area contributed by atoms with Gasteiger partial charge in [0.2, 0.25) is 5.91 Å². The molecule has 1 amide bonds. The van der Waals surface area contributed by atoms with Gasteiger partial charge in [-0.3, -0.25) is 4.79 Å². The van der Waals surface area contributed by atoms with Crippen molar-refractivity contribution < 1.29 is 9.22 Å². The van der Waals surface area contributed by atoms with Crippen LogP contribution in [-0.2, 0) is 14.0 Å². The van der Waals surface area contributed by atoms with Crippen molar-refractivity contribution in [3.8, 4) is 0 Å². The van der Waals surface area contributed by atoms with Gasteiger partial charge in [0.05, 0.1) is 22.1 Å². The minimum Gasteiger partial charge on any atom is -0.413 e. The molecule has 3 aromatic rings. The van der Waals surface area contributed by atoms with Crippen LogP contribution >= 0.6 is 11.8 Å². The summed E-state index contributed by atoms with van der Waals surface area (Å²) in [5.74, 6) is -0.124. The third-order valence-electron chi connectivity index (χ3n) is 7.55. The highest BCUT2D eigenvalue weighted by atomic mass is 32.2. The van der Waals surface area contributed by atoms with Crippen LogP contribution in [0.4, 0.5) is 0 Å². The fourth-order valence-electron chi connectivity index (χ4n) is 4.56. The van der Waals surface area contributed by atoms with Crippen LogP contribution in [0.3, 0.4) is 0 Å². The molecule has 1 N–H and O–H groups in total. The third kappa shape index (κ3) is 5.00. The minimum atomic E-state index is -2.01. The van der Waals surface area contributed by atoms with Crippen LogP contribution < -0.4 is 5.32 Å². The van der Waals surface area contributed by atoms with E-state index < -0.39 is 13.1 Å². The molecule has 0 spiro atoms. The number of β-lactam (4-membered cyclic amide) rings is 1. The van der Waals surface area contributed by atoms with E-state index in [0.29, 0.717) is 0 Å². The Morgan fingerprint density at radius 3 is 1.54 bits per heavy atom. The molecule has 3 unspecified atom stereocenters. The van der Waals surface area contributed by atoms with E-state index in [-0.39, 0.29) is 28.3 Å². The molecule has 0 aromatic heterocycles. The van der Waals surface area contributed by atoms with Crippen LogP contribution in [0.5, 0.6) is 0 Å². The summed E-state index contributed by atoms with van der Waals surface area (Å²) >= 11 is 1.82. The molecule has 184 valence electrons. The summed E-state index contributed by atoms with van der Waals surface area (Å²) in [5.41, 5.74) is 3.58. The second-order valence-electron chi connectivity index (χ2n) is 10.9. The summed E-state index contributed by atoms with van der Waals surface area (Å²) in [4.78, 5) is 12.9. The topological polar surface area (TPSA) is 38.3 Å². The number of hydrogen-bond donors (Lipinski definition) is 1. The maximum atomic E-state index is 12.9. The zero-order valence-electron chi connectivity index (χ0n) is 21.6. The second kappa shape index (κ2) is 9.96. The van der Waals surface area contributed by atoms with Crippen molar-refractivity contribution in [2.45, 2.75) is 62.1 Å². The van der Waals surface area contributed by atoms with E-state index >= 15 is 0 Å². The van der Waals surface area contributed by atoms with Crippen LogP contribution in [0.1, 0.15) is 44.4 Å². The van der Waals surface area contributed by atoms with Crippen molar-refractivity contribution in [3.05, 3.63) is 108 Å². The average Bonchev–Trinajstić information content (AvgIpc) is 2.82. The molecule has 0 radical (unpaired) electrons. The lowest BCUT2D eigenvalue weighted by molar-refractivity contribution is -0.136. The van der Waals surface area contributed by atoms with Gasteiger partial charge in [-0.25, -0.2) is 0 Å². The number of benzene rings is 3. The Morgan fingerprint density at radius 1 is 0.800 bits per heavy atom. The molecule has 1 fully saturated rings. The summed E-state index contributed by atoms with van der Waals surface area (Å²) in [5, 5.41) is 3.24. The van der Waals surface area contributed by atoms with Crippen LogP contribution in [-0.4, -0.2) is 25.7 Å². The van der Waals surface area contributed by atoms with Gasteiger partial charge in [-0.1, -0.05) is 112 Å². The number of thioether (sulfide) groups is 1. The molecule has 5 heteroatoms. The number of rotatable bonds is 8. The number of amides is 1. The molecule has 1 aliphatic rings. The molecule has 1 heterocycles. The van der Waals surface area contributed by atoms with Gasteiger partial charge in [-0.2, -0.15) is 0 Å². The molecular weight excluding hydrogens is 466 g/mol. The molecular formula is C30H37NO2SSi. The van der Waals surface area contributed by atoms with E-state index in [0.717, 1.165) is 0 Å². The van der Waals surface area contributed by atoms with Crippen molar-refractivity contribution in [1.82, 2.24) is 5.32 Å². The Morgan fingerprint density at radius 2 is 1.20 bits per heavy atom. The first kappa shape index (κ1) is 25.7. The molecule has 1 saturated heterocycles. The van der Waals surface area contributed by atoms with Crippen LogP contribution in [0.25, 0.3) is 0 Å². The van der Waals surface area contributed by atoms with Crippen molar-refractivity contribution in [1.29, 1.82) is 0 Å². The number of hydrogen-bond acceptors (Lipinski definition) is 3. The van der Waals surface area contributed by atoms with Gasteiger partial charge in [0.25, 0.3) is 0 Å². The SMILES string of the molecule is CC(O[Si](C)(C)C(C)(C)C)C1C(=O)NC1SC(c1ccccc1)(c1ccccc1)c1ccccc1. The third-order valence-corrected chi connectivity index (χ3v) is 13.8. The van der Waals surface area contributed by atoms with Gasteiger partial charge in [0, 0.05) is 0 Å². The van der Waals surface area contributed by atoms with E-state index in [1.54, 1.807) is 0 Å². The highest BCUT2D eigenvalue weighted by Gasteiger charge is 2.51. The summed E-state index contributed by atoms with van der Waals surface area (Å²) < 4.78 is 6.23. The van der Waals surface area contributed by atoms with Crippen molar-refractivity contribution in [2.24, 2.45) is 5.92 Å². The highest BCUT2D eigenvalue weighted by Crippen LogP contribution is 2.53. The van der Waals surface area contributed by atoms with Gasteiger partial charge in [0.15, 0.2) is 8.32 Å². The number of nitrogens with one attached hydrogen (secondary N) is 1. The Bertz CT molecular complexity index is 1030. The number of carbonyl (C=O) groups excluding carboxylic acids is 1. The smallest absolute Gasteiger partial charge is 0.229 e. The molecule has 1 aliphatic heterocycles. The quantitative estimate of drug-likeness (QED) is 0.201. The fraction of sp³-hybridized carbons (Fsp3) is 0.367. The normalized spacial score (nSPS) is 19.5. The van der Waals surface area contributed by atoms with Crippen molar-refractivity contribution in [2.75, 3.05) is 0 Å². The molecule has 4 rings (SSSR count). The summed E-state index contributed by atoms with van der Waals surface area (Å²) in [6, 6.07) is 31.9. The molecule has 0 bridgehead atoms. The second-order valence-corrected chi connectivity index (χ2v) is 17.0. The standard InChI is InChI=1S/C30H37NO2SSi/c1-22(33-35(5,6)29(2,3)4)26-27(32)31-28(26)34-30(23-16-10-7-11-17-23,24-18-12-8-13-19-24)25-20-14-9-15-21-25/h7-22,26,28H,1-6H3,(H,31,32). The predicted molar refractivity (Wildman–Crippen MR) is 150 cm³/mol. The van der Waals surface area contributed by atoms with E-state index in [1.165, 1.54) is 16.7 Å². The summed E-state index contributed by atoms with van der Waals surface area (Å²) in [7, 11) is -2.01. The van der Waals surface area contributed by atoms with E-state index in [4.69, 9.17) is 4.43 Å². The maximum absolute atomic E-state index is 12.9. The lowest BCUT2D eigenvalue weighted by atomic mass is 9.84. The molecule has 3 nitrogen and oxygen atoms in total. The molecule has 3 atom stereocenters. The zero-order chi connectivity index (χ0) is 25.3. The van der Waals surface area contributed by atoms with Gasteiger partial charge in [-0.05, 0) is 41.7 Å². The van der Waals surface area contributed by atoms with Gasteiger partial charge < -0.3 is 9.74 Å². The Balaban J connectivity index is 1.76. The van der Waals surface area contributed by atoms with E-state index in [2.05, 4.69) is 137 Å². The Hall–Kier alpha value is -2.34. The Kier molecular flexibility index (Phi) is 7.32. The monoisotopic (exact) mass is 503 g/mol. The fourth-order valence-corrected chi connectivity index (χ4v) is 7.85. The molecule has 0 saturated carbocycles. The Labute approximate surface area is 215 Å². The van der Waals surface area contributed by atoms with Crippen LogP contribution in [0.15, 0.2) is 91.0 Å². The molecule has 3 aromatic carbocycles. The van der Waals surface area contributed by atoms with Gasteiger partial charge in [0.1, 0.15) is 0 Å². The van der Waals surface area contributed by atoms with Crippen molar-refractivity contribution in [3.63, 3.8) is 0 Å². The summed E-state index contributed by atoms with van der Waals surface area (Å²) in [6.45, 7) is 13.3. The first-order valence-electron chi connectivity index (χ1n) is 12.4. The first-order valence-corrected chi connectivity index (χ1v) is 16.2. The van der Waals surface area contributed by atoms with E-state index in [1.807, 2.05) is 11.8 Å². The van der Waals surface area contributed by atoms with Crippen molar-refractivity contribution >= 4 is 26.0 Å². The van der Waals surface area contributed by atoms with Gasteiger partial charge in [-0.15, -0.1) is 11.8 Å². The van der Waals surface area contributed by atoms with Crippen LogP contribution in [0.2, 0.25) is 18.1 Å². The number of carbonyl (C=O) groups is 1. The minimum absolute atomic E-state index is 0.0668. The largest absolute Gasteiger partial charge is 0.413 e. The lowest BCUT2D eigenvalue weighted by Crippen LogP contribution is -2.63. The molecule has 35 heavy (non-hydrogen) atoms. The average molecular weight is 504 g/mol. The highest BCUT2D eigenvalue weighted by molar-refractivity contribution is 8.01. The molecule has 0 aliphatic carbocycles. The first-order chi connectivity index (χ1) is 16.6. The predicted octanol–water partition coefficient (Wildman–Crippen LogP) is 7.19. The maximum Gasteiger partial charge on any atom is 0.229 e. The van der Waals surface area contributed by atoms with E-state index in [9.17, 15) is 4.79 Å². The summed E-state index contributed by atoms with van der Waals surface area (Å²) in [6.07, 6.45) is -0.151. The van der Waals surface area contributed by atoms with Gasteiger partial charge >= 0.3 is 0 Å². The zero-order valence-corrected chi connectivity index (χ0v) is 23.4. The van der Waals surface area contributed by atoms with Crippen LogP contribution in [0, 0.1) is 5.92 Å².